The number of carboxylic acid groups (broad SMARTS) is 1. The third-order valence-electron chi connectivity index (χ3n) is 2.79. The van der Waals surface area contributed by atoms with Crippen LogP contribution in [-0.2, 0) is 24.3 Å². The monoisotopic (exact) mass is 295 g/mol. The van der Waals surface area contributed by atoms with Crippen LogP contribution in [0.2, 0.25) is 0 Å². The number of hydrogen-bond acceptors (Lipinski definition) is 5. The molecule has 0 aromatic carbocycles. The molecule has 0 bridgehead atoms. The summed E-state index contributed by atoms with van der Waals surface area (Å²) in [5.41, 5.74) is 0. The van der Waals surface area contributed by atoms with Crippen LogP contribution in [0.5, 0.6) is 0 Å². The number of carbonyl (C=O) groups is 2. The van der Waals surface area contributed by atoms with Crippen LogP contribution in [0.4, 0.5) is 0 Å². The van der Waals surface area contributed by atoms with Gasteiger partial charge in [-0.1, -0.05) is 6.92 Å². The predicted molar refractivity (Wildman–Crippen MR) is 69.1 cm³/mol. The fraction of sp³-hybridized carbons (Fsp3) is 0.818. The van der Waals surface area contributed by atoms with Crippen LogP contribution < -0.4 is 4.72 Å². The van der Waals surface area contributed by atoms with Gasteiger partial charge in [0, 0.05) is 13.0 Å². The molecule has 0 spiro atoms. The molecule has 0 aliphatic carbocycles. The summed E-state index contributed by atoms with van der Waals surface area (Å²) in [7, 11) is -2.61. The second-order valence-corrected chi connectivity index (χ2v) is 6.52. The first-order valence-corrected chi connectivity index (χ1v) is 7.53. The highest BCUT2D eigenvalue weighted by Crippen LogP contribution is 2.10. The SMILES string of the molecule is COC(=O)C(C)S(=O)(=O)NCCC(C)CCC(=O)O. The summed E-state index contributed by atoms with van der Waals surface area (Å²) in [6, 6.07) is 0. The van der Waals surface area contributed by atoms with Gasteiger partial charge < -0.3 is 9.84 Å². The van der Waals surface area contributed by atoms with E-state index in [1.807, 2.05) is 6.92 Å². The standard InChI is InChI=1S/C11H21NO6S/c1-8(4-5-10(13)14)6-7-12-19(16,17)9(2)11(15)18-3/h8-9,12H,4-7H2,1-3H3,(H,13,14). The van der Waals surface area contributed by atoms with Gasteiger partial charge in [0.2, 0.25) is 10.0 Å². The molecule has 0 rings (SSSR count). The Balaban J connectivity index is 4.12. The minimum absolute atomic E-state index is 0.0620. The second kappa shape index (κ2) is 8.11. The molecule has 8 heteroatoms. The molecule has 0 amide bonds. The highest BCUT2D eigenvalue weighted by atomic mass is 32.2. The fourth-order valence-electron chi connectivity index (χ4n) is 1.38. The zero-order chi connectivity index (χ0) is 15.1. The van der Waals surface area contributed by atoms with Crippen molar-refractivity contribution in [1.82, 2.24) is 4.72 Å². The van der Waals surface area contributed by atoms with Gasteiger partial charge in [0.1, 0.15) is 0 Å². The lowest BCUT2D eigenvalue weighted by Gasteiger charge is -2.14. The molecule has 19 heavy (non-hydrogen) atoms. The third-order valence-corrected chi connectivity index (χ3v) is 4.52. The van der Waals surface area contributed by atoms with Crippen LogP contribution in [0.1, 0.15) is 33.1 Å². The molecule has 2 unspecified atom stereocenters. The van der Waals surface area contributed by atoms with Gasteiger partial charge in [-0.05, 0) is 25.7 Å². The van der Waals surface area contributed by atoms with Crippen molar-refractivity contribution in [3.05, 3.63) is 0 Å². The average molecular weight is 295 g/mol. The van der Waals surface area contributed by atoms with E-state index in [9.17, 15) is 18.0 Å². The zero-order valence-corrected chi connectivity index (χ0v) is 12.2. The number of aliphatic carboxylic acids is 1. The lowest BCUT2D eigenvalue weighted by Crippen LogP contribution is -2.38. The smallest absolute Gasteiger partial charge is 0.325 e. The summed E-state index contributed by atoms with van der Waals surface area (Å²) >= 11 is 0. The van der Waals surface area contributed by atoms with Crippen LogP contribution in [0.15, 0.2) is 0 Å². The van der Waals surface area contributed by atoms with Crippen molar-refractivity contribution in [1.29, 1.82) is 0 Å². The summed E-state index contributed by atoms with van der Waals surface area (Å²) < 4.78 is 30.0. The van der Waals surface area contributed by atoms with Crippen LogP contribution in [-0.4, -0.2) is 44.4 Å². The quantitative estimate of drug-likeness (QED) is 0.594. The molecule has 0 aliphatic rings. The van der Waals surface area contributed by atoms with E-state index in [-0.39, 0.29) is 18.9 Å². The molecule has 0 heterocycles. The van der Waals surface area contributed by atoms with Gasteiger partial charge in [-0.2, -0.15) is 0 Å². The Morgan fingerprint density at radius 3 is 2.32 bits per heavy atom. The molecular formula is C11H21NO6S. The van der Waals surface area contributed by atoms with Crippen molar-refractivity contribution in [2.75, 3.05) is 13.7 Å². The van der Waals surface area contributed by atoms with E-state index in [0.717, 1.165) is 7.11 Å². The van der Waals surface area contributed by atoms with Gasteiger partial charge in [0.25, 0.3) is 0 Å². The van der Waals surface area contributed by atoms with E-state index in [2.05, 4.69) is 9.46 Å². The molecule has 0 aromatic rings. The normalized spacial score (nSPS) is 14.7. The Morgan fingerprint density at radius 1 is 1.26 bits per heavy atom. The molecule has 0 saturated carbocycles. The summed E-state index contributed by atoms with van der Waals surface area (Å²) in [4.78, 5) is 21.5. The van der Waals surface area contributed by atoms with Gasteiger partial charge in [-0.15, -0.1) is 0 Å². The number of sulfonamides is 1. The molecule has 112 valence electrons. The zero-order valence-electron chi connectivity index (χ0n) is 11.4. The van der Waals surface area contributed by atoms with Crippen molar-refractivity contribution < 1.29 is 27.9 Å². The number of hydrogen-bond donors (Lipinski definition) is 2. The van der Waals surface area contributed by atoms with Crippen LogP contribution in [0, 0.1) is 5.92 Å². The summed E-state index contributed by atoms with van der Waals surface area (Å²) in [6.07, 6.45) is 1.07. The lowest BCUT2D eigenvalue weighted by atomic mass is 10.0. The van der Waals surface area contributed by atoms with E-state index < -0.39 is 27.2 Å². The Bertz CT molecular complexity index is 405. The van der Waals surface area contributed by atoms with Crippen molar-refractivity contribution in [3.8, 4) is 0 Å². The first kappa shape index (κ1) is 17.8. The van der Waals surface area contributed by atoms with Gasteiger partial charge in [-0.25, -0.2) is 13.1 Å². The van der Waals surface area contributed by atoms with Crippen LogP contribution >= 0.6 is 0 Å². The molecule has 2 N–H and O–H groups in total. The van der Waals surface area contributed by atoms with Gasteiger partial charge in [0.05, 0.1) is 7.11 Å². The maximum atomic E-state index is 11.7. The first-order valence-electron chi connectivity index (χ1n) is 5.98. The number of esters is 1. The summed E-state index contributed by atoms with van der Waals surface area (Å²) in [5.74, 6) is -1.59. The van der Waals surface area contributed by atoms with Crippen molar-refractivity contribution in [3.63, 3.8) is 0 Å². The van der Waals surface area contributed by atoms with Crippen molar-refractivity contribution >= 4 is 22.0 Å². The fourth-order valence-corrected chi connectivity index (χ4v) is 2.38. The maximum Gasteiger partial charge on any atom is 0.325 e. The molecule has 0 aliphatic heterocycles. The Morgan fingerprint density at radius 2 is 1.84 bits per heavy atom. The second-order valence-electron chi connectivity index (χ2n) is 4.43. The maximum absolute atomic E-state index is 11.7. The van der Waals surface area contributed by atoms with E-state index >= 15 is 0 Å². The molecule has 0 radical (unpaired) electrons. The Labute approximate surface area is 113 Å². The van der Waals surface area contributed by atoms with Crippen LogP contribution in [0.3, 0.4) is 0 Å². The van der Waals surface area contributed by atoms with E-state index in [0.29, 0.717) is 12.8 Å². The number of rotatable bonds is 9. The van der Waals surface area contributed by atoms with Crippen molar-refractivity contribution in [2.24, 2.45) is 5.92 Å². The molecule has 2 atom stereocenters. The van der Waals surface area contributed by atoms with Crippen LogP contribution in [0.25, 0.3) is 0 Å². The number of methoxy groups -OCH3 is 1. The highest BCUT2D eigenvalue weighted by molar-refractivity contribution is 7.90. The molecule has 0 aromatic heterocycles. The Kier molecular flexibility index (Phi) is 7.62. The molecule has 0 fully saturated rings. The highest BCUT2D eigenvalue weighted by Gasteiger charge is 2.28. The molecule has 0 saturated heterocycles. The number of carbonyl (C=O) groups excluding carboxylic acids is 1. The first-order chi connectivity index (χ1) is 8.70. The van der Waals surface area contributed by atoms with E-state index in [1.165, 1.54) is 6.92 Å². The van der Waals surface area contributed by atoms with Gasteiger partial charge in [-0.3, -0.25) is 9.59 Å². The molecule has 7 nitrogen and oxygen atoms in total. The largest absolute Gasteiger partial charge is 0.481 e. The number of carboxylic acids is 1. The minimum Gasteiger partial charge on any atom is -0.481 e. The lowest BCUT2D eigenvalue weighted by molar-refractivity contribution is -0.140. The number of ether oxygens (including phenoxy) is 1. The average Bonchev–Trinajstić information content (AvgIpc) is 2.34. The van der Waals surface area contributed by atoms with E-state index in [4.69, 9.17) is 5.11 Å². The third kappa shape index (κ3) is 7.12. The van der Waals surface area contributed by atoms with Crippen molar-refractivity contribution in [2.45, 2.75) is 38.4 Å². The summed E-state index contributed by atoms with van der Waals surface area (Å²) in [5, 5.41) is 7.26. The topological polar surface area (TPSA) is 110 Å². The van der Waals surface area contributed by atoms with Gasteiger partial charge >= 0.3 is 11.9 Å². The summed E-state index contributed by atoms with van der Waals surface area (Å²) in [6.45, 7) is 3.27. The molecular weight excluding hydrogens is 274 g/mol. The van der Waals surface area contributed by atoms with E-state index in [1.54, 1.807) is 0 Å². The Hall–Kier alpha value is -1.15. The predicted octanol–water partition coefficient (Wildman–Crippen LogP) is 0.358. The van der Waals surface area contributed by atoms with Gasteiger partial charge in [0.15, 0.2) is 5.25 Å². The minimum atomic E-state index is -3.74. The number of nitrogens with one attached hydrogen (secondary N) is 1.